The van der Waals surface area contributed by atoms with Crippen LogP contribution >= 0.6 is 0 Å². The zero-order valence-electron chi connectivity index (χ0n) is 15.8. The smallest absolute Gasteiger partial charge is 0.305 e. The lowest BCUT2D eigenvalue weighted by atomic mass is 9.98. The summed E-state index contributed by atoms with van der Waals surface area (Å²) in [5, 5.41) is 5.92. The molecule has 0 radical (unpaired) electrons. The van der Waals surface area contributed by atoms with Crippen LogP contribution in [-0.4, -0.2) is 42.7 Å². The average Bonchev–Trinajstić information content (AvgIpc) is 3.25. The quantitative estimate of drug-likeness (QED) is 0.542. The first kappa shape index (κ1) is 22.0. The molecule has 3 atom stereocenters. The number of sulfone groups is 1. The van der Waals surface area contributed by atoms with Crippen LogP contribution in [0.15, 0.2) is 47.5 Å². The minimum absolute atomic E-state index is 0.0351. The van der Waals surface area contributed by atoms with Crippen LogP contribution in [0.5, 0.6) is 0 Å². The second-order valence-corrected chi connectivity index (χ2v) is 9.07. The second-order valence-electron chi connectivity index (χ2n) is 7.05. The highest BCUT2D eigenvalue weighted by molar-refractivity contribution is 7.90. The largest absolute Gasteiger partial charge is 0.333 e. The molecule has 1 fully saturated rings. The highest BCUT2D eigenvalue weighted by Crippen LogP contribution is 2.34. The molecule has 0 bridgehead atoms. The number of rotatable bonds is 6. The Morgan fingerprint density at radius 1 is 1.17 bits per heavy atom. The van der Waals surface area contributed by atoms with Crippen LogP contribution in [0.1, 0.15) is 25.0 Å². The molecular formula is C19H19F4N3O3S. The van der Waals surface area contributed by atoms with Crippen molar-refractivity contribution in [1.29, 1.82) is 0 Å². The summed E-state index contributed by atoms with van der Waals surface area (Å²) in [6.07, 6.45) is -0.0238. The standard InChI is InChI=1S/C19H19F4N3O3S/c1-30(28,29)13-4-2-12(3-5-13)14(8-11-9-15(20)16(21)10-11)18(27)24-17-6-7-26(25-17)19(22)23/h2-8,11,15-16,19H,9-10H2,1H3,(H,24,25,27)/b14-8+/t11-,15+,16-. The van der Waals surface area contributed by atoms with E-state index in [2.05, 4.69) is 10.4 Å². The van der Waals surface area contributed by atoms with Gasteiger partial charge in [0.25, 0.3) is 5.91 Å². The Morgan fingerprint density at radius 2 is 1.77 bits per heavy atom. The molecule has 1 aliphatic carbocycles. The topological polar surface area (TPSA) is 81.1 Å². The molecule has 1 heterocycles. The minimum Gasteiger partial charge on any atom is -0.305 e. The maximum absolute atomic E-state index is 13.6. The summed E-state index contributed by atoms with van der Waals surface area (Å²) in [7, 11) is -3.46. The number of aromatic nitrogens is 2. The summed E-state index contributed by atoms with van der Waals surface area (Å²) in [5.41, 5.74) is 0.346. The number of alkyl halides is 4. The molecule has 30 heavy (non-hydrogen) atoms. The molecule has 1 saturated carbocycles. The lowest BCUT2D eigenvalue weighted by Crippen LogP contribution is -2.15. The number of halogens is 4. The van der Waals surface area contributed by atoms with E-state index < -0.39 is 40.6 Å². The Kier molecular flexibility index (Phi) is 6.30. The molecule has 2 aromatic rings. The Balaban J connectivity index is 1.91. The summed E-state index contributed by atoms with van der Waals surface area (Å²) in [6.45, 7) is -2.88. The van der Waals surface area contributed by atoms with Crippen LogP contribution in [0.3, 0.4) is 0 Å². The Bertz CT molecular complexity index is 1040. The van der Waals surface area contributed by atoms with E-state index in [1.807, 2.05) is 0 Å². The third-order valence-electron chi connectivity index (χ3n) is 4.74. The van der Waals surface area contributed by atoms with Crippen molar-refractivity contribution in [2.75, 3.05) is 11.6 Å². The Labute approximate surface area is 170 Å². The molecule has 162 valence electrons. The molecule has 1 amide bonds. The van der Waals surface area contributed by atoms with E-state index in [1.165, 1.54) is 36.4 Å². The fraction of sp³-hybridized carbons (Fsp3) is 0.368. The molecule has 6 nitrogen and oxygen atoms in total. The number of anilines is 1. The fourth-order valence-corrected chi connectivity index (χ4v) is 3.85. The summed E-state index contributed by atoms with van der Waals surface area (Å²) >= 11 is 0. The molecule has 3 rings (SSSR count). The van der Waals surface area contributed by atoms with Crippen molar-refractivity contribution < 1.29 is 30.8 Å². The molecule has 0 saturated heterocycles. The first-order chi connectivity index (χ1) is 14.0. The summed E-state index contributed by atoms with van der Waals surface area (Å²) in [4.78, 5) is 12.8. The number of benzene rings is 1. The summed E-state index contributed by atoms with van der Waals surface area (Å²) in [6, 6.07) is 6.59. The monoisotopic (exact) mass is 445 g/mol. The summed E-state index contributed by atoms with van der Waals surface area (Å²) in [5.74, 6) is -1.40. The van der Waals surface area contributed by atoms with Gasteiger partial charge in [-0.25, -0.2) is 21.9 Å². The van der Waals surface area contributed by atoms with Gasteiger partial charge in [0, 0.05) is 24.1 Å². The lowest BCUT2D eigenvalue weighted by Gasteiger charge is -2.11. The number of hydrogen-bond donors (Lipinski definition) is 1. The maximum Gasteiger partial charge on any atom is 0.333 e. The van der Waals surface area contributed by atoms with E-state index in [4.69, 9.17) is 0 Å². The van der Waals surface area contributed by atoms with E-state index in [-0.39, 0.29) is 29.1 Å². The number of allylic oxidation sites excluding steroid dienone is 1. The molecule has 1 N–H and O–H groups in total. The predicted molar refractivity (Wildman–Crippen MR) is 102 cm³/mol. The number of amides is 1. The third kappa shape index (κ3) is 5.07. The van der Waals surface area contributed by atoms with Gasteiger partial charge in [0.05, 0.1) is 4.90 Å². The van der Waals surface area contributed by atoms with Gasteiger partial charge in [0.2, 0.25) is 0 Å². The van der Waals surface area contributed by atoms with E-state index in [0.717, 1.165) is 12.5 Å². The molecule has 1 aromatic heterocycles. The van der Waals surface area contributed by atoms with Crippen molar-refractivity contribution in [3.8, 4) is 0 Å². The van der Waals surface area contributed by atoms with Crippen LogP contribution in [0, 0.1) is 5.92 Å². The van der Waals surface area contributed by atoms with Gasteiger partial charge in [0.1, 0.15) is 12.3 Å². The van der Waals surface area contributed by atoms with Gasteiger partial charge in [-0.1, -0.05) is 18.2 Å². The van der Waals surface area contributed by atoms with E-state index in [9.17, 15) is 30.8 Å². The van der Waals surface area contributed by atoms with Gasteiger partial charge in [-0.3, -0.25) is 4.79 Å². The van der Waals surface area contributed by atoms with E-state index in [1.54, 1.807) is 0 Å². The normalized spacial score (nSPS) is 22.5. The SMILES string of the molecule is CS(=O)(=O)c1ccc(/C(=C\[C@H]2C[C@@H](F)[C@@H](F)C2)C(=O)Nc2ccn(C(F)F)n2)cc1. The number of nitrogens with zero attached hydrogens (tertiary/aromatic N) is 2. The predicted octanol–water partition coefficient (Wildman–Crippen LogP) is 3.79. The average molecular weight is 445 g/mol. The number of hydrogen-bond acceptors (Lipinski definition) is 4. The van der Waals surface area contributed by atoms with Crippen molar-refractivity contribution in [2.45, 2.75) is 36.6 Å². The van der Waals surface area contributed by atoms with Crippen molar-refractivity contribution in [3.63, 3.8) is 0 Å². The Morgan fingerprint density at radius 3 is 2.27 bits per heavy atom. The van der Waals surface area contributed by atoms with Crippen LogP contribution in [0.2, 0.25) is 0 Å². The molecule has 11 heteroatoms. The van der Waals surface area contributed by atoms with Gasteiger partial charge in [-0.15, -0.1) is 0 Å². The maximum atomic E-state index is 13.6. The van der Waals surface area contributed by atoms with Crippen molar-refractivity contribution in [1.82, 2.24) is 9.78 Å². The van der Waals surface area contributed by atoms with Gasteiger partial charge >= 0.3 is 6.55 Å². The van der Waals surface area contributed by atoms with Gasteiger partial charge in [0.15, 0.2) is 15.7 Å². The molecule has 0 aliphatic heterocycles. The van der Waals surface area contributed by atoms with Crippen LogP contribution in [0.25, 0.3) is 5.57 Å². The molecule has 1 aromatic carbocycles. The first-order valence-electron chi connectivity index (χ1n) is 8.99. The first-order valence-corrected chi connectivity index (χ1v) is 10.9. The van der Waals surface area contributed by atoms with Gasteiger partial charge < -0.3 is 5.32 Å². The van der Waals surface area contributed by atoms with Crippen molar-refractivity contribution in [3.05, 3.63) is 48.2 Å². The second kappa shape index (κ2) is 8.58. The van der Waals surface area contributed by atoms with Crippen LogP contribution in [-0.2, 0) is 14.6 Å². The Hall–Kier alpha value is -2.69. The van der Waals surface area contributed by atoms with Crippen LogP contribution in [0.4, 0.5) is 23.4 Å². The van der Waals surface area contributed by atoms with E-state index in [0.29, 0.717) is 10.2 Å². The van der Waals surface area contributed by atoms with Crippen molar-refractivity contribution in [2.24, 2.45) is 5.92 Å². The highest BCUT2D eigenvalue weighted by Gasteiger charge is 2.34. The minimum atomic E-state index is -3.46. The molecule has 0 spiro atoms. The zero-order valence-corrected chi connectivity index (χ0v) is 16.6. The molecular weight excluding hydrogens is 426 g/mol. The third-order valence-corrected chi connectivity index (χ3v) is 5.87. The number of carbonyl (C=O) groups is 1. The zero-order chi connectivity index (χ0) is 22.1. The molecule has 0 unspecified atom stereocenters. The number of carbonyl (C=O) groups excluding carboxylic acids is 1. The van der Waals surface area contributed by atoms with Gasteiger partial charge in [-0.2, -0.15) is 13.9 Å². The van der Waals surface area contributed by atoms with Crippen molar-refractivity contribution >= 4 is 27.1 Å². The fourth-order valence-electron chi connectivity index (χ4n) is 3.22. The summed E-state index contributed by atoms with van der Waals surface area (Å²) < 4.78 is 76.2. The van der Waals surface area contributed by atoms with E-state index >= 15 is 0 Å². The lowest BCUT2D eigenvalue weighted by molar-refractivity contribution is -0.111. The van der Waals surface area contributed by atoms with Gasteiger partial charge in [-0.05, 0) is 36.5 Å². The highest BCUT2D eigenvalue weighted by atomic mass is 32.2. The molecule has 1 aliphatic rings. The van der Waals surface area contributed by atoms with Crippen LogP contribution < -0.4 is 5.32 Å². The number of nitrogens with one attached hydrogen (secondary N) is 1.